The molecule has 0 amide bonds. The van der Waals surface area contributed by atoms with E-state index in [2.05, 4.69) is 51.2 Å². The van der Waals surface area contributed by atoms with Gasteiger partial charge in [0.1, 0.15) is 0 Å². The van der Waals surface area contributed by atoms with Crippen LogP contribution in [0.2, 0.25) is 8.94 Å². The van der Waals surface area contributed by atoms with Gasteiger partial charge in [-0.3, -0.25) is 0 Å². The van der Waals surface area contributed by atoms with Crippen molar-refractivity contribution < 1.29 is 0 Å². The van der Waals surface area contributed by atoms with Crippen molar-refractivity contribution in [2.75, 3.05) is 0 Å². The quantitative estimate of drug-likeness (QED) is 0.363. The number of unbranched alkanes of at least 4 members (excludes halogenated alkanes) is 2. The summed E-state index contributed by atoms with van der Waals surface area (Å²) in [6.45, 7) is 4.59. The van der Waals surface area contributed by atoms with Gasteiger partial charge in [-0.05, 0) is 0 Å². The Morgan fingerprint density at radius 1 is 0.909 bits per heavy atom. The Morgan fingerprint density at radius 2 is 1.27 bits per heavy atom. The van der Waals surface area contributed by atoms with E-state index in [9.17, 15) is 0 Å². The first-order valence-corrected chi connectivity index (χ1v) is 21.2. The van der Waals surface area contributed by atoms with Crippen molar-refractivity contribution in [1.29, 1.82) is 0 Å². The van der Waals surface area contributed by atoms with Crippen LogP contribution in [0.3, 0.4) is 0 Å². The van der Waals surface area contributed by atoms with Gasteiger partial charge in [0.25, 0.3) is 0 Å². The van der Waals surface area contributed by atoms with E-state index < -0.39 is 10.3 Å². The molecule has 0 fully saturated rings. The van der Waals surface area contributed by atoms with Crippen molar-refractivity contribution in [3.63, 3.8) is 0 Å². The van der Waals surface area contributed by atoms with Gasteiger partial charge in [0.2, 0.25) is 0 Å². The Morgan fingerprint density at radius 3 is 1.55 bits per heavy atom. The van der Waals surface area contributed by atoms with Crippen molar-refractivity contribution in [1.82, 2.24) is 0 Å². The molecule has 0 saturated heterocycles. The average molecular weight is 496 g/mol. The summed E-state index contributed by atoms with van der Waals surface area (Å²) in [5.41, 5.74) is 0. The monoisotopic (exact) mass is 498 g/mol. The van der Waals surface area contributed by atoms with E-state index in [4.69, 9.17) is 0 Å². The molecule has 0 spiro atoms. The first-order chi connectivity index (χ1) is 5.12. The van der Waals surface area contributed by atoms with Crippen molar-refractivity contribution in [2.24, 2.45) is 0 Å². The topological polar surface area (TPSA) is 0 Å². The van der Waals surface area contributed by atoms with Gasteiger partial charge in [-0.25, -0.2) is 0 Å². The third-order valence-electron chi connectivity index (χ3n) is 1.59. The van der Waals surface area contributed by atoms with E-state index in [-0.39, 0.29) is 0 Å². The summed E-state index contributed by atoms with van der Waals surface area (Å²) in [7, 11) is -1.30. The minimum absolute atomic E-state index is 1.30. The van der Waals surface area contributed by atoms with E-state index in [0.717, 1.165) is 0 Å². The van der Waals surface area contributed by atoms with Crippen molar-refractivity contribution in [3.8, 4) is 0 Å². The molecule has 0 aliphatic rings. The standard InChI is InChI=1S/C8H18I2Te/c1-3-5-7-11(9,10)8-6-4-2/h3-8H2,1-2H3. The van der Waals surface area contributed by atoms with Gasteiger partial charge in [-0.15, -0.1) is 0 Å². The fourth-order valence-electron chi connectivity index (χ4n) is 0.813. The summed E-state index contributed by atoms with van der Waals surface area (Å²) >= 11 is 5.60. The third kappa shape index (κ3) is 8.58. The number of halogens is 2. The van der Waals surface area contributed by atoms with Crippen LogP contribution in [0.15, 0.2) is 0 Å². The molecular weight excluding hydrogens is 477 g/mol. The first-order valence-electron chi connectivity index (χ1n) is 4.30. The number of hydrogen-bond donors (Lipinski definition) is 0. The van der Waals surface area contributed by atoms with Crippen molar-refractivity contribution >= 4 is 47.7 Å². The number of rotatable bonds is 6. The van der Waals surface area contributed by atoms with Gasteiger partial charge in [0, 0.05) is 0 Å². The Labute approximate surface area is 94.6 Å². The SMILES string of the molecule is CCCC[Te](I)(I)CCCC. The summed E-state index contributed by atoms with van der Waals surface area (Å²) in [4.78, 5) is 0. The summed E-state index contributed by atoms with van der Waals surface area (Å²) in [5, 5.41) is 0. The second kappa shape index (κ2) is 7.63. The fraction of sp³-hybridized carbons (Fsp3) is 1.00. The zero-order chi connectivity index (χ0) is 8.74. The van der Waals surface area contributed by atoms with E-state index >= 15 is 0 Å². The molecule has 0 aromatic carbocycles. The van der Waals surface area contributed by atoms with Gasteiger partial charge >= 0.3 is 96.1 Å². The Balaban J connectivity index is 3.43. The molecule has 0 aliphatic heterocycles. The summed E-state index contributed by atoms with van der Waals surface area (Å²) in [6.07, 6.45) is 5.70. The molecule has 0 radical (unpaired) electrons. The van der Waals surface area contributed by atoms with Crippen LogP contribution in [0, 0.1) is 0 Å². The zero-order valence-corrected chi connectivity index (χ0v) is 14.1. The molecule has 11 heavy (non-hydrogen) atoms. The minimum atomic E-state index is -1.30. The normalized spacial score (nSPS) is 13.5. The first kappa shape index (κ1) is 13.2. The van der Waals surface area contributed by atoms with Crippen LogP contribution in [0.1, 0.15) is 39.5 Å². The summed E-state index contributed by atoms with van der Waals surface area (Å²) in [5.74, 6) is 0. The Kier molecular flexibility index (Phi) is 9.20. The van der Waals surface area contributed by atoms with Gasteiger partial charge in [0.05, 0.1) is 0 Å². The molecular formula is C8H18I2Te. The van der Waals surface area contributed by atoms with Crippen molar-refractivity contribution in [2.45, 2.75) is 48.5 Å². The van der Waals surface area contributed by atoms with Gasteiger partial charge in [-0.2, -0.15) is 0 Å². The summed E-state index contributed by atoms with van der Waals surface area (Å²) < 4.78 is 3.14. The zero-order valence-electron chi connectivity index (χ0n) is 7.41. The Hall–Kier alpha value is 2.25. The second-order valence-corrected chi connectivity index (χ2v) is 43.1. The molecule has 0 aliphatic carbocycles. The van der Waals surface area contributed by atoms with Crippen LogP contribution in [0.4, 0.5) is 0 Å². The van der Waals surface area contributed by atoms with E-state index in [1.54, 1.807) is 8.94 Å². The molecule has 0 nitrogen and oxygen atoms in total. The van der Waals surface area contributed by atoms with Crippen LogP contribution in [-0.4, -0.2) is 10.3 Å². The summed E-state index contributed by atoms with van der Waals surface area (Å²) in [6, 6.07) is 0. The maximum absolute atomic E-state index is 2.80. The molecule has 0 bridgehead atoms. The van der Waals surface area contributed by atoms with Crippen LogP contribution in [0.5, 0.6) is 0 Å². The van der Waals surface area contributed by atoms with E-state index in [0.29, 0.717) is 0 Å². The number of hydrogen-bond acceptors (Lipinski definition) is 0. The third-order valence-corrected chi connectivity index (χ3v) is 18.5. The molecule has 0 N–H and O–H groups in total. The average Bonchev–Trinajstić information content (AvgIpc) is 1.97. The second-order valence-electron chi connectivity index (χ2n) is 2.81. The van der Waals surface area contributed by atoms with Crippen LogP contribution >= 0.6 is 37.4 Å². The van der Waals surface area contributed by atoms with Crippen molar-refractivity contribution in [3.05, 3.63) is 0 Å². The van der Waals surface area contributed by atoms with Crippen LogP contribution < -0.4 is 0 Å². The van der Waals surface area contributed by atoms with Crippen LogP contribution in [0.25, 0.3) is 0 Å². The molecule has 0 atom stereocenters. The maximum atomic E-state index is 2.80. The molecule has 0 aromatic rings. The van der Waals surface area contributed by atoms with Gasteiger partial charge in [-0.1, -0.05) is 0 Å². The van der Waals surface area contributed by atoms with Gasteiger partial charge in [0.15, 0.2) is 0 Å². The van der Waals surface area contributed by atoms with E-state index in [1.165, 1.54) is 25.7 Å². The molecule has 3 heteroatoms. The van der Waals surface area contributed by atoms with E-state index in [1.807, 2.05) is 0 Å². The molecule has 0 unspecified atom stereocenters. The molecule has 0 saturated carbocycles. The van der Waals surface area contributed by atoms with Crippen LogP contribution in [-0.2, 0) is 0 Å². The predicted molar refractivity (Wildman–Crippen MR) is 73.2 cm³/mol. The Bertz CT molecular complexity index is 84.1. The fourth-order valence-corrected chi connectivity index (χ4v) is 13.8. The van der Waals surface area contributed by atoms with Gasteiger partial charge < -0.3 is 0 Å². The molecule has 0 rings (SSSR count). The molecule has 70 valence electrons. The predicted octanol–water partition coefficient (Wildman–Crippen LogP) is 4.90. The molecule has 0 aromatic heterocycles. The molecule has 0 heterocycles.